The molecule has 6 nitrogen and oxygen atoms in total. The van der Waals surface area contributed by atoms with Crippen LogP contribution in [0.4, 0.5) is 0 Å². The number of ether oxygens (including phenoxy) is 2. The number of nitrogens with zero attached hydrogens (tertiary/aromatic N) is 2. The molecule has 0 bridgehead atoms. The highest BCUT2D eigenvalue weighted by molar-refractivity contribution is 6.30. The molecule has 1 aliphatic carbocycles. The Balaban J connectivity index is 1.68. The molecule has 0 radical (unpaired) electrons. The summed E-state index contributed by atoms with van der Waals surface area (Å²) in [5, 5.41) is 0.657. The van der Waals surface area contributed by atoms with E-state index in [1.54, 1.807) is 49.3 Å². The minimum absolute atomic E-state index is 0.0163. The lowest BCUT2D eigenvalue weighted by Gasteiger charge is -2.32. The number of allylic oxidation sites excluding steroid dienone is 1. The summed E-state index contributed by atoms with van der Waals surface area (Å²) in [6, 6.07) is 14.6. The third-order valence-electron chi connectivity index (χ3n) is 6.78. The molecule has 2 aromatic carbocycles. The van der Waals surface area contributed by atoms with Crippen molar-refractivity contribution in [3.63, 3.8) is 0 Å². The first-order valence-electron chi connectivity index (χ1n) is 11.8. The van der Waals surface area contributed by atoms with Crippen LogP contribution in [0.3, 0.4) is 0 Å². The van der Waals surface area contributed by atoms with Gasteiger partial charge in [0.2, 0.25) is 0 Å². The minimum atomic E-state index is -0.278. The third-order valence-corrected chi connectivity index (χ3v) is 7.03. The normalized spacial score (nSPS) is 16.3. The van der Waals surface area contributed by atoms with Crippen molar-refractivity contribution in [1.82, 2.24) is 4.57 Å². The Labute approximate surface area is 214 Å². The maximum Gasteiger partial charge on any atom is 0.264 e. The number of Topliss-reactive ketones (excluding diaryl/α,β-unsaturated/α-hetero) is 1. The van der Waals surface area contributed by atoms with Crippen LogP contribution in [0.5, 0.6) is 11.5 Å². The Bertz CT molecular complexity index is 1500. The number of rotatable bonds is 5. The molecule has 2 aliphatic rings. The van der Waals surface area contributed by atoms with E-state index >= 15 is 0 Å². The van der Waals surface area contributed by atoms with E-state index in [1.807, 2.05) is 38.1 Å². The van der Waals surface area contributed by atoms with E-state index in [-0.39, 0.29) is 16.8 Å². The molecule has 0 atom stereocenters. The number of pyridine rings is 1. The molecule has 0 amide bonds. The first kappa shape index (κ1) is 24.1. The van der Waals surface area contributed by atoms with E-state index in [2.05, 4.69) is 4.99 Å². The molecule has 0 saturated heterocycles. The van der Waals surface area contributed by atoms with E-state index < -0.39 is 0 Å². The highest BCUT2D eigenvalue weighted by atomic mass is 35.5. The molecule has 0 saturated carbocycles. The number of ketones is 1. The van der Waals surface area contributed by atoms with Crippen molar-refractivity contribution in [3.05, 3.63) is 92.5 Å². The van der Waals surface area contributed by atoms with Crippen molar-refractivity contribution in [1.29, 1.82) is 0 Å². The van der Waals surface area contributed by atoms with E-state index in [0.29, 0.717) is 64.0 Å². The summed E-state index contributed by atoms with van der Waals surface area (Å²) >= 11 is 6.04. The van der Waals surface area contributed by atoms with Gasteiger partial charge in [-0.15, -0.1) is 0 Å². The van der Waals surface area contributed by atoms with Gasteiger partial charge in [0.15, 0.2) is 5.78 Å². The maximum atomic E-state index is 14.1. The number of aliphatic imine (C=N–C) groups is 1. The lowest BCUT2D eigenvalue weighted by atomic mass is 9.75. The van der Waals surface area contributed by atoms with Gasteiger partial charge in [0.05, 0.1) is 31.2 Å². The number of hydrogen-bond donors (Lipinski definition) is 0. The lowest BCUT2D eigenvalue weighted by Crippen LogP contribution is -2.36. The zero-order valence-electron chi connectivity index (χ0n) is 20.7. The van der Waals surface area contributed by atoms with Crippen LogP contribution in [0.1, 0.15) is 53.9 Å². The van der Waals surface area contributed by atoms with E-state index in [9.17, 15) is 9.59 Å². The SMILES string of the molecule is COc1ccc(OC)c(-n2c3c(cc(C4=NC=C(c5ccc(Cl)cc5)C4)c2=O)C(=O)CC(C)(C)C3)c1. The molecule has 0 unspecified atom stereocenters. The number of methoxy groups -OCH3 is 2. The van der Waals surface area contributed by atoms with Gasteiger partial charge in [-0.25, -0.2) is 0 Å². The van der Waals surface area contributed by atoms with Gasteiger partial charge < -0.3 is 9.47 Å². The summed E-state index contributed by atoms with van der Waals surface area (Å²) in [6.07, 6.45) is 3.24. The van der Waals surface area contributed by atoms with Crippen LogP contribution < -0.4 is 15.0 Å². The standard InChI is InChI=1S/C29H27ClN2O4/c1-29(2)14-25-22(26(33)15-29)13-21(23-11-18(16-31-23)17-5-7-19(30)8-6-17)28(34)32(25)24-12-20(35-3)9-10-27(24)36-4/h5-10,12-13,16H,11,14-15H2,1-4H3. The fourth-order valence-corrected chi connectivity index (χ4v) is 5.11. The quantitative estimate of drug-likeness (QED) is 0.435. The van der Waals surface area contributed by atoms with Gasteiger partial charge in [-0.1, -0.05) is 37.6 Å². The molecule has 2 heterocycles. The van der Waals surface area contributed by atoms with Gasteiger partial charge in [0, 0.05) is 41.4 Å². The molecule has 0 N–H and O–H groups in total. The van der Waals surface area contributed by atoms with Crippen LogP contribution >= 0.6 is 11.6 Å². The monoisotopic (exact) mass is 502 g/mol. The van der Waals surface area contributed by atoms with Crippen LogP contribution in [0, 0.1) is 5.41 Å². The van der Waals surface area contributed by atoms with Crippen molar-refractivity contribution < 1.29 is 14.3 Å². The topological polar surface area (TPSA) is 69.9 Å². The van der Waals surface area contributed by atoms with E-state index in [1.165, 1.54) is 0 Å². The minimum Gasteiger partial charge on any atom is -0.497 e. The molecule has 184 valence electrons. The predicted octanol–water partition coefficient (Wildman–Crippen LogP) is 5.90. The molecule has 7 heteroatoms. The second kappa shape index (κ2) is 9.10. The van der Waals surface area contributed by atoms with Crippen LogP contribution in [-0.4, -0.2) is 30.3 Å². The molecule has 1 aliphatic heterocycles. The van der Waals surface area contributed by atoms with Gasteiger partial charge in [0.25, 0.3) is 5.56 Å². The summed E-state index contributed by atoms with van der Waals surface area (Å²) in [6.45, 7) is 4.09. The van der Waals surface area contributed by atoms with Crippen LogP contribution in [0.2, 0.25) is 5.02 Å². The molecular weight excluding hydrogens is 476 g/mol. The van der Waals surface area contributed by atoms with Crippen molar-refractivity contribution >= 4 is 28.7 Å². The van der Waals surface area contributed by atoms with Gasteiger partial charge in [-0.05, 0) is 53.3 Å². The fraction of sp³-hybridized carbons (Fsp3) is 0.276. The molecule has 5 rings (SSSR count). The Hall–Kier alpha value is -3.64. The molecular formula is C29H27ClN2O4. The predicted molar refractivity (Wildman–Crippen MR) is 142 cm³/mol. The number of aromatic nitrogens is 1. The van der Waals surface area contributed by atoms with Gasteiger partial charge in [-0.3, -0.25) is 19.1 Å². The number of halogens is 1. The van der Waals surface area contributed by atoms with Crippen molar-refractivity contribution in [3.8, 4) is 17.2 Å². The lowest BCUT2D eigenvalue weighted by molar-refractivity contribution is 0.0908. The smallest absolute Gasteiger partial charge is 0.264 e. The fourth-order valence-electron chi connectivity index (χ4n) is 4.98. The molecule has 3 aromatic rings. The summed E-state index contributed by atoms with van der Waals surface area (Å²) in [5.41, 5.74) is 4.26. The Morgan fingerprint density at radius 3 is 2.39 bits per heavy atom. The van der Waals surface area contributed by atoms with Crippen LogP contribution in [-0.2, 0) is 6.42 Å². The highest BCUT2D eigenvalue weighted by Gasteiger charge is 2.35. The average molecular weight is 503 g/mol. The molecule has 0 fully saturated rings. The number of carbonyl (C=O) groups excluding carboxylic acids is 1. The molecule has 1 aromatic heterocycles. The first-order valence-corrected chi connectivity index (χ1v) is 12.1. The maximum absolute atomic E-state index is 14.1. The van der Waals surface area contributed by atoms with E-state index in [0.717, 1.165) is 11.1 Å². The van der Waals surface area contributed by atoms with Crippen molar-refractivity contribution in [2.24, 2.45) is 10.4 Å². The second-order valence-electron chi connectivity index (χ2n) is 9.95. The van der Waals surface area contributed by atoms with Gasteiger partial charge in [0.1, 0.15) is 11.5 Å². The number of benzene rings is 2. The third kappa shape index (κ3) is 4.26. The second-order valence-corrected chi connectivity index (χ2v) is 10.4. The zero-order valence-corrected chi connectivity index (χ0v) is 21.5. The van der Waals surface area contributed by atoms with Crippen molar-refractivity contribution in [2.75, 3.05) is 14.2 Å². The Morgan fingerprint density at radius 1 is 0.944 bits per heavy atom. The average Bonchev–Trinajstić information content (AvgIpc) is 3.33. The van der Waals surface area contributed by atoms with E-state index in [4.69, 9.17) is 21.1 Å². The zero-order chi connectivity index (χ0) is 25.6. The summed E-state index contributed by atoms with van der Waals surface area (Å²) < 4.78 is 12.7. The summed E-state index contributed by atoms with van der Waals surface area (Å²) in [5.74, 6) is 1.12. The summed E-state index contributed by atoms with van der Waals surface area (Å²) in [4.78, 5) is 32.1. The Kier molecular flexibility index (Phi) is 6.08. The number of fused-ring (bicyclic) bond motifs is 1. The Morgan fingerprint density at radius 2 is 1.69 bits per heavy atom. The van der Waals surface area contributed by atoms with Crippen LogP contribution in [0.15, 0.2) is 64.5 Å². The molecule has 0 spiro atoms. The van der Waals surface area contributed by atoms with Gasteiger partial charge >= 0.3 is 0 Å². The van der Waals surface area contributed by atoms with Crippen LogP contribution in [0.25, 0.3) is 11.3 Å². The van der Waals surface area contributed by atoms with Gasteiger partial charge in [-0.2, -0.15) is 0 Å². The molecule has 36 heavy (non-hydrogen) atoms. The number of carbonyl (C=O) groups is 1. The largest absolute Gasteiger partial charge is 0.497 e. The highest BCUT2D eigenvalue weighted by Crippen LogP contribution is 2.38. The number of hydrogen-bond acceptors (Lipinski definition) is 5. The summed E-state index contributed by atoms with van der Waals surface area (Å²) in [7, 11) is 3.13. The first-order chi connectivity index (χ1) is 17.2. The van der Waals surface area contributed by atoms with Crippen molar-refractivity contribution in [2.45, 2.75) is 33.1 Å².